The Morgan fingerprint density at radius 2 is 1.74 bits per heavy atom. The minimum absolute atomic E-state index is 0.0723. The van der Waals surface area contributed by atoms with Crippen molar-refractivity contribution in [3.8, 4) is 17.2 Å². The highest BCUT2D eigenvalue weighted by atomic mass is 79.9. The molecule has 0 amide bonds. The fourth-order valence-electron chi connectivity index (χ4n) is 2.01. The Balaban J connectivity index is 2.14. The van der Waals surface area contributed by atoms with Crippen LogP contribution in [0.15, 0.2) is 40.9 Å². The standard InChI is InChI=1S/C17H17BrO5/c1-20-13-6-4-5-11(7-13)17(19)23-10-12-8-16(22-3)14(18)9-15(12)21-2/h4-9H,10H2,1-3H3. The summed E-state index contributed by atoms with van der Waals surface area (Å²) < 4.78 is 21.8. The van der Waals surface area contributed by atoms with E-state index in [9.17, 15) is 4.79 Å². The van der Waals surface area contributed by atoms with Crippen molar-refractivity contribution in [2.24, 2.45) is 0 Å². The lowest BCUT2D eigenvalue weighted by atomic mass is 10.2. The maximum absolute atomic E-state index is 12.1. The SMILES string of the molecule is COc1cccc(C(=O)OCc2cc(OC)c(Br)cc2OC)c1. The minimum atomic E-state index is -0.437. The van der Waals surface area contributed by atoms with Gasteiger partial charge in [-0.1, -0.05) is 6.07 Å². The predicted molar refractivity (Wildman–Crippen MR) is 89.4 cm³/mol. The Morgan fingerprint density at radius 3 is 2.39 bits per heavy atom. The molecule has 6 heteroatoms. The third-order valence-electron chi connectivity index (χ3n) is 3.22. The molecular weight excluding hydrogens is 364 g/mol. The lowest BCUT2D eigenvalue weighted by molar-refractivity contribution is 0.0469. The zero-order chi connectivity index (χ0) is 16.8. The van der Waals surface area contributed by atoms with Crippen molar-refractivity contribution in [3.63, 3.8) is 0 Å². The molecule has 0 bridgehead atoms. The van der Waals surface area contributed by atoms with Gasteiger partial charge in [0.15, 0.2) is 0 Å². The Bertz CT molecular complexity index is 699. The molecule has 0 saturated carbocycles. The van der Waals surface area contributed by atoms with Crippen LogP contribution < -0.4 is 14.2 Å². The maximum Gasteiger partial charge on any atom is 0.338 e. The molecular formula is C17H17BrO5. The van der Waals surface area contributed by atoms with Gasteiger partial charge in [0.2, 0.25) is 0 Å². The fraction of sp³-hybridized carbons (Fsp3) is 0.235. The van der Waals surface area contributed by atoms with Gasteiger partial charge in [-0.15, -0.1) is 0 Å². The number of halogens is 1. The molecule has 0 fully saturated rings. The number of rotatable bonds is 6. The first-order chi connectivity index (χ1) is 11.1. The average molecular weight is 381 g/mol. The second-order valence-electron chi connectivity index (χ2n) is 4.61. The summed E-state index contributed by atoms with van der Waals surface area (Å²) >= 11 is 3.39. The molecule has 0 aliphatic carbocycles. The van der Waals surface area contributed by atoms with Crippen LogP contribution in [0.3, 0.4) is 0 Å². The summed E-state index contributed by atoms with van der Waals surface area (Å²) in [7, 11) is 4.67. The van der Waals surface area contributed by atoms with E-state index in [-0.39, 0.29) is 6.61 Å². The number of hydrogen-bond acceptors (Lipinski definition) is 5. The van der Waals surface area contributed by atoms with Crippen molar-refractivity contribution < 1.29 is 23.7 Å². The second kappa shape index (κ2) is 7.87. The molecule has 0 saturated heterocycles. The summed E-state index contributed by atoms with van der Waals surface area (Å²) in [6.07, 6.45) is 0. The van der Waals surface area contributed by atoms with E-state index < -0.39 is 5.97 Å². The largest absolute Gasteiger partial charge is 0.497 e. The van der Waals surface area contributed by atoms with Crippen molar-refractivity contribution >= 4 is 21.9 Å². The van der Waals surface area contributed by atoms with Gasteiger partial charge in [0, 0.05) is 5.56 Å². The van der Waals surface area contributed by atoms with E-state index in [4.69, 9.17) is 18.9 Å². The van der Waals surface area contributed by atoms with Gasteiger partial charge in [-0.3, -0.25) is 0 Å². The van der Waals surface area contributed by atoms with E-state index >= 15 is 0 Å². The normalized spacial score (nSPS) is 10.1. The molecule has 0 heterocycles. The number of esters is 1. The molecule has 23 heavy (non-hydrogen) atoms. The van der Waals surface area contributed by atoms with Gasteiger partial charge in [-0.25, -0.2) is 4.79 Å². The lowest BCUT2D eigenvalue weighted by Crippen LogP contribution is -2.06. The van der Waals surface area contributed by atoms with Gasteiger partial charge in [0.25, 0.3) is 0 Å². The van der Waals surface area contributed by atoms with Gasteiger partial charge >= 0.3 is 5.97 Å². The maximum atomic E-state index is 12.1. The molecule has 5 nitrogen and oxygen atoms in total. The number of methoxy groups -OCH3 is 3. The van der Waals surface area contributed by atoms with E-state index in [0.29, 0.717) is 28.4 Å². The van der Waals surface area contributed by atoms with Crippen LogP contribution in [0.25, 0.3) is 0 Å². The summed E-state index contributed by atoms with van der Waals surface area (Å²) in [6.45, 7) is 0.0723. The third kappa shape index (κ3) is 4.16. The molecule has 0 radical (unpaired) electrons. The van der Waals surface area contributed by atoms with Gasteiger partial charge in [0.1, 0.15) is 23.9 Å². The number of benzene rings is 2. The van der Waals surface area contributed by atoms with Crippen LogP contribution in [0.2, 0.25) is 0 Å². The molecule has 0 aromatic heterocycles. The lowest BCUT2D eigenvalue weighted by Gasteiger charge is -2.13. The first-order valence-electron chi connectivity index (χ1n) is 6.80. The number of carbonyl (C=O) groups is 1. The van der Waals surface area contributed by atoms with Crippen LogP contribution in [0.4, 0.5) is 0 Å². The van der Waals surface area contributed by atoms with Crippen molar-refractivity contribution in [1.29, 1.82) is 0 Å². The van der Waals surface area contributed by atoms with Crippen LogP contribution in [0.5, 0.6) is 17.2 Å². The van der Waals surface area contributed by atoms with Crippen molar-refractivity contribution in [2.45, 2.75) is 6.61 Å². The van der Waals surface area contributed by atoms with E-state index in [1.165, 1.54) is 0 Å². The van der Waals surface area contributed by atoms with E-state index in [1.54, 1.807) is 57.7 Å². The smallest absolute Gasteiger partial charge is 0.338 e. The predicted octanol–water partition coefficient (Wildman–Crippen LogP) is 3.83. The summed E-state index contributed by atoms with van der Waals surface area (Å²) in [6, 6.07) is 10.3. The van der Waals surface area contributed by atoms with E-state index in [0.717, 1.165) is 4.47 Å². The number of ether oxygens (including phenoxy) is 4. The highest BCUT2D eigenvalue weighted by molar-refractivity contribution is 9.10. The first-order valence-corrected chi connectivity index (χ1v) is 7.60. The average Bonchev–Trinajstić information content (AvgIpc) is 2.59. The topological polar surface area (TPSA) is 54.0 Å². The molecule has 0 atom stereocenters. The molecule has 0 unspecified atom stereocenters. The Labute approximate surface area is 143 Å². The zero-order valence-corrected chi connectivity index (χ0v) is 14.7. The highest BCUT2D eigenvalue weighted by Crippen LogP contribution is 2.33. The van der Waals surface area contributed by atoms with Gasteiger partial charge in [-0.05, 0) is 46.3 Å². The van der Waals surface area contributed by atoms with Crippen LogP contribution >= 0.6 is 15.9 Å². The molecule has 0 aliphatic rings. The van der Waals surface area contributed by atoms with Crippen molar-refractivity contribution in [3.05, 3.63) is 52.0 Å². The Hall–Kier alpha value is -2.21. The second-order valence-corrected chi connectivity index (χ2v) is 5.46. The Morgan fingerprint density at radius 1 is 1.00 bits per heavy atom. The molecule has 2 aromatic carbocycles. The van der Waals surface area contributed by atoms with Crippen molar-refractivity contribution in [2.75, 3.05) is 21.3 Å². The van der Waals surface area contributed by atoms with Crippen molar-refractivity contribution in [1.82, 2.24) is 0 Å². The quantitative estimate of drug-likeness (QED) is 0.712. The molecule has 0 spiro atoms. The summed E-state index contributed by atoms with van der Waals surface area (Å²) in [5, 5.41) is 0. The molecule has 2 aromatic rings. The molecule has 122 valence electrons. The number of carbonyl (C=O) groups excluding carboxylic acids is 1. The zero-order valence-electron chi connectivity index (χ0n) is 13.1. The third-order valence-corrected chi connectivity index (χ3v) is 3.84. The minimum Gasteiger partial charge on any atom is -0.497 e. The molecule has 2 rings (SSSR count). The fourth-order valence-corrected chi connectivity index (χ4v) is 2.50. The monoisotopic (exact) mass is 380 g/mol. The first kappa shape index (κ1) is 17.1. The summed E-state index contributed by atoms with van der Waals surface area (Å²) in [5.41, 5.74) is 1.14. The summed E-state index contributed by atoms with van der Waals surface area (Å²) in [5.74, 6) is 1.41. The van der Waals surface area contributed by atoms with Crippen LogP contribution in [-0.4, -0.2) is 27.3 Å². The van der Waals surface area contributed by atoms with Crippen LogP contribution in [0.1, 0.15) is 15.9 Å². The van der Waals surface area contributed by atoms with Crippen LogP contribution in [0, 0.1) is 0 Å². The summed E-state index contributed by atoms with van der Waals surface area (Å²) in [4.78, 5) is 12.1. The van der Waals surface area contributed by atoms with Crippen LogP contribution in [-0.2, 0) is 11.3 Å². The molecule has 0 aliphatic heterocycles. The van der Waals surface area contributed by atoms with Gasteiger partial charge < -0.3 is 18.9 Å². The van der Waals surface area contributed by atoms with E-state index in [1.807, 2.05) is 0 Å². The number of hydrogen-bond donors (Lipinski definition) is 0. The molecule has 0 N–H and O–H groups in total. The van der Waals surface area contributed by atoms with Gasteiger partial charge in [0.05, 0.1) is 31.4 Å². The van der Waals surface area contributed by atoms with E-state index in [2.05, 4.69) is 15.9 Å². The van der Waals surface area contributed by atoms with Gasteiger partial charge in [-0.2, -0.15) is 0 Å². The Kier molecular flexibility index (Phi) is 5.87. The highest BCUT2D eigenvalue weighted by Gasteiger charge is 2.13.